The average Bonchev–Trinajstić information content (AvgIpc) is 2.85. The van der Waals surface area contributed by atoms with Crippen LogP contribution in [0.15, 0.2) is 48.5 Å². The van der Waals surface area contributed by atoms with Crippen LogP contribution in [0.5, 0.6) is 0 Å². The number of likely N-dealkylation sites (N-methyl/N-ethyl adjacent to an activating group) is 1. The number of hydrogen-bond donors (Lipinski definition) is 1. The standard InChI is InChI=1S/C24H29N3O6S/c1-4-17-8-10-18(11-9-17)15-26(2)22(28)16-33-24(30)21(12-13-34-3)25-23(29)19-6-5-7-20(14-19)27(31)32/h5-11,14,21H,4,12-13,15-16H2,1-3H3,(H,25,29). The molecular weight excluding hydrogens is 458 g/mol. The SMILES string of the molecule is CCc1ccc(CN(C)C(=O)COC(=O)C(CCSC)NC(=O)c2cccc([N+](=O)[O-])c2)cc1. The summed E-state index contributed by atoms with van der Waals surface area (Å²) in [4.78, 5) is 49.5. The van der Waals surface area contributed by atoms with E-state index in [1.54, 1.807) is 7.05 Å². The molecule has 0 saturated carbocycles. The van der Waals surface area contributed by atoms with Gasteiger partial charge in [0.15, 0.2) is 6.61 Å². The highest BCUT2D eigenvalue weighted by atomic mass is 32.2. The molecule has 182 valence electrons. The molecule has 0 saturated heterocycles. The summed E-state index contributed by atoms with van der Waals surface area (Å²) in [6.07, 6.45) is 3.07. The lowest BCUT2D eigenvalue weighted by Crippen LogP contribution is -2.43. The van der Waals surface area contributed by atoms with Crippen molar-refractivity contribution in [2.45, 2.75) is 32.4 Å². The van der Waals surface area contributed by atoms with Crippen molar-refractivity contribution in [3.63, 3.8) is 0 Å². The number of ether oxygens (including phenoxy) is 1. The molecule has 2 rings (SSSR count). The zero-order valence-electron chi connectivity index (χ0n) is 19.5. The summed E-state index contributed by atoms with van der Waals surface area (Å²) in [7, 11) is 1.62. The Hall–Kier alpha value is -3.40. The Morgan fingerprint density at radius 1 is 1.15 bits per heavy atom. The lowest BCUT2D eigenvalue weighted by atomic mass is 10.1. The minimum Gasteiger partial charge on any atom is -0.454 e. The fourth-order valence-corrected chi connectivity index (χ4v) is 3.54. The molecule has 1 atom stereocenters. The van der Waals surface area contributed by atoms with Crippen molar-refractivity contribution in [2.24, 2.45) is 0 Å². The zero-order valence-corrected chi connectivity index (χ0v) is 20.3. The van der Waals surface area contributed by atoms with Crippen molar-refractivity contribution < 1.29 is 24.0 Å². The van der Waals surface area contributed by atoms with Crippen molar-refractivity contribution in [2.75, 3.05) is 25.7 Å². The first-order chi connectivity index (χ1) is 16.2. The average molecular weight is 488 g/mol. The molecule has 0 fully saturated rings. The number of rotatable bonds is 12. The Labute approximate surface area is 203 Å². The van der Waals surface area contributed by atoms with Gasteiger partial charge in [-0.05, 0) is 42.0 Å². The number of nitro groups is 1. The second kappa shape index (κ2) is 13.3. The molecular formula is C24H29N3O6S. The lowest BCUT2D eigenvalue weighted by molar-refractivity contribution is -0.384. The number of aryl methyl sites for hydroxylation is 1. The maximum atomic E-state index is 12.6. The van der Waals surface area contributed by atoms with E-state index in [4.69, 9.17) is 4.74 Å². The minimum absolute atomic E-state index is 0.0565. The summed E-state index contributed by atoms with van der Waals surface area (Å²) in [5.74, 6) is -1.18. The van der Waals surface area contributed by atoms with E-state index in [9.17, 15) is 24.5 Å². The Morgan fingerprint density at radius 3 is 2.44 bits per heavy atom. The van der Waals surface area contributed by atoms with Gasteiger partial charge in [0.25, 0.3) is 17.5 Å². The Bertz CT molecular complexity index is 1010. The van der Waals surface area contributed by atoms with E-state index in [2.05, 4.69) is 12.2 Å². The fourth-order valence-electron chi connectivity index (χ4n) is 3.07. The van der Waals surface area contributed by atoms with Gasteiger partial charge in [0.1, 0.15) is 6.04 Å². The van der Waals surface area contributed by atoms with Crippen LogP contribution in [0.1, 0.15) is 34.8 Å². The van der Waals surface area contributed by atoms with Gasteiger partial charge in [-0.15, -0.1) is 0 Å². The van der Waals surface area contributed by atoms with Crippen molar-refractivity contribution >= 4 is 35.2 Å². The second-order valence-corrected chi connectivity index (χ2v) is 8.63. The summed E-state index contributed by atoms with van der Waals surface area (Å²) < 4.78 is 5.19. The maximum absolute atomic E-state index is 12.6. The number of thioether (sulfide) groups is 1. The minimum atomic E-state index is -0.987. The number of nitrogens with one attached hydrogen (secondary N) is 1. The number of non-ortho nitro benzene ring substituents is 1. The Balaban J connectivity index is 1.95. The van der Waals surface area contributed by atoms with Gasteiger partial charge in [0, 0.05) is 31.3 Å². The third kappa shape index (κ3) is 8.18. The molecule has 2 aromatic rings. The van der Waals surface area contributed by atoms with Crippen molar-refractivity contribution in [3.05, 3.63) is 75.3 Å². The van der Waals surface area contributed by atoms with Crippen LogP contribution < -0.4 is 5.32 Å². The third-order valence-electron chi connectivity index (χ3n) is 5.13. The molecule has 0 aromatic heterocycles. The highest BCUT2D eigenvalue weighted by Gasteiger charge is 2.24. The number of carbonyl (C=O) groups is 3. The molecule has 9 nitrogen and oxygen atoms in total. The van der Waals surface area contributed by atoms with Gasteiger partial charge in [-0.25, -0.2) is 4.79 Å². The van der Waals surface area contributed by atoms with Crippen molar-refractivity contribution in [1.29, 1.82) is 0 Å². The Kier molecular flexibility index (Phi) is 10.5. The Morgan fingerprint density at radius 2 is 1.82 bits per heavy atom. The van der Waals surface area contributed by atoms with Crippen molar-refractivity contribution in [3.8, 4) is 0 Å². The van der Waals surface area contributed by atoms with Gasteiger partial charge in [-0.3, -0.25) is 19.7 Å². The first kappa shape index (κ1) is 26.8. The van der Waals surface area contributed by atoms with Crippen LogP contribution in [0, 0.1) is 10.1 Å². The molecule has 0 aliphatic carbocycles. The van der Waals surface area contributed by atoms with Crippen LogP contribution in [0.2, 0.25) is 0 Å². The van der Waals surface area contributed by atoms with Crippen LogP contribution in [0.4, 0.5) is 5.69 Å². The predicted octanol–water partition coefficient (Wildman–Crippen LogP) is 3.21. The first-order valence-corrected chi connectivity index (χ1v) is 12.2. The van der Waals surface area contributed by atoms with Gasteiger partial charge in [0.2, 0.25) is 0 Å². The molecule has 0 bridgehead atoms. The first-order valence-electron chi connectivity index (χ1n) is 10.8. The van der Waals surface area contributed by atoms with Gasteiger partial charge in [-0.1, -0.05) is 37.3 Å². The number of esters is 1. The number of nitro benzene ring substituents is 1. The fraction of sp³-hybridized carbons (Fsp3) is 0.375. The second-order valence-electron chi connectivity index (χ2n) is 7.64. The quantitative estimate of drug-likeness (QED) is 0.277. The highest BCUT2D eigenvalue weighted by Crippen LogP contribution is 2.14. The number of hydrogen-bond acceptors (Lipinski definition) is 7. The van der Waals surface area contributed by atoms with E-state index >= 15 is 0 Å². The van der Waals surface area contributed by atoms with E-state index < -0.39 is 29.4 Å². The van der Waals surface area contributed by atoms with E-state index in [-0.39, 0.29) is 23.6 Å². The molecule has 2 aromatic carbocycles. The molecule has 0 radical (unpaired) electrons. The largest absolute Gasteiger partial charge is 0.454 e. The summed E-state index contributed by atoms with van der Waals surface area (Å²) in [5.41, 5.74) is 1.99. The van der Waals surface area contributed by atoms with E-state index in [1.807, 2.05) is 30.5 Å². The third-order valence-corrected chi connectivity index (χ3v) is 5.78. The molecule has 2 amide bonds. The van der Waals surface area contributed by atoms with Crippen LogP contribution in [0.3, 0.4) is 0 Å². The number of benzene rings is 2. The van der Waals surface area contributed by atoms with Gasteiger partial charge in [-0.2, -0.15) is 11.8 Å². The van der Waals surface area contributed by atoms with Gasteiger partial charge < -0.3 is 15.0 Å². The van der Waals surface area contributed by atoms with E-state index in [0.29, 0.717) is 12.3 Å². The molecule has 1 unspecified atom stereocenters. The highest BCUT2D eigenvalue weighted by molar-refractivity contribution is 7.98. The molecule has 0 heterocycles. The van der Waals surface area contributed by atoms with Crippen molar-refractivity contribution in [1.82, 2.24) is 10.2 Å². The zero-order chi connectivity index (χ0) is 25.1. The van der Waals surface area contributed by atoms with E-state index in [1.165, 1.54) is 40.4 Å². The topological polar surface area (TPSA) is 119 Å². The van der Waals surface area contributed by atoms with E-state index in [0.717, 1.165) is 18.1 Å². The number of nitrogens with zero attached hydrogens (tertiary/aromatic N) is 2. The summed E-state index contributed by atoms with van der Waals surface area (Å²) in [5, 5.41) is 13.5. The predicted molar refractivity (Wildman–Crippen MR) is 131 cm³/mol. The molecule has 0 aliphatic heterocycles. The monoisotopic (exact) mass is 487 g/mol. The van der Waals surface area contributed by atoms with Gasteiger partial charge >= 0.3 is 5.97 Å². The molecule has 1 N–H and O–H groups in total. The van der Waals surface area contributed by atoms with Crippen LogP contribution in [-0.4, -0.2) is 59.3 Å². The summed E-state index contributed by atoms with van der Waals surface area (Å²) in [6, 6.07) is 12.2. The van der Waals surface area contributed by atoms with Gasteiger partial charge in [0.05, 0.1) is 4.92 Å². The number of amides is 2. The smallest absolute Gasteiger partial charge is 0.329 e. The lowest BCUT2D eigenvalue weighted by Gasteiger charge is -2.20. The van der Waals surface area contributed by atoms with Crippen LogP contribution in [0.25, 0.3) is 0 Å². The summed E-state index contributed by atoms with van der Waals surface area (Å²) >= 11 is 1.49. The molecule has 0 spiro atoms. The van der Waals surface area contributed by atoms with Crippen LogP contribution in [-0.2, 0) is 27.3 Å². The maximum Gasteiger partial charge on any atom is 0.329 e. The summed E-state index contributed by atoms with van der Waals surface area (Å²) in [6.45, 7) is 1.99. The molecule has 0 aliphatic rings. The normalized spacial score (nSPS) is 11.4. The molecule has 10 heteroatoms. The number of carbonyl (C=O) groups excluding carboxylic acids is 3. The van der Waals surface area contributed by atoms with Crippen LogP contribution >= 0.6 is 11.8 Å². The molecule has 34 heavy (non-hydrogen) atoms.